The molecule has 1 aliphatic heterocycles. The molecule has 1 saturated heterocycles. The third-order valence-electron chi connectivity index (χ3n) is 8.42. The number of nitrogens with zero attached hydrogens (tertiary/aromatic N) is 1. The standard InChI is InChI=1S/C27H41NO2/c29-27(30)26(19-23-10-5-11-23)25-13-12-24(18-25)20-28-16-14-22(15-17-28)9-4-8-21-6-2-1-3-7-21/h1-3,6-7,22-26H,4-5,8-20H2,(H,29,30). The van der Waals surface area contributed by atoms with Crippen molar-refractivity contribution in [2.75, 3.05) is 19.6 Å². The molecule has 0 amide bonds. The Balaban J connectivity index is 1.13. The zero-order chi connectivity index (χ0) is 20.8. The van der Waals surface area contributed by atoms with Crippen LogP contribution in [0.3, 0.4) is 0 Å². The van der Waals surface area contributed by atoms with E-state index in [0.29, 0.717) is 11.8 Å². The number of carbonyl (C=O) groups is 1. The van der Waals surface area contributed by atoms with Gasteiger partial charge in [0.2, 0.25) is 0 Å². The van der Waals surface area contributed by atoms with Crippen LogP contribution in [0.15, 0.2) is 30.3 Å². The summed E-state index contributed by atoms with van der Waals surface area (Å²) in [5.41, 5.74) is 1.47. The third kappa shape index (κ3) is 6.09. The Morgan fingerprint density at radius 1 is 0.967 bits per heavy atom. The predicted octanol–water partition coefficient (Wildman–Crippen LogP) is 6.03. The molecule has 3 heteroatoms. The van der Waals surface area contributed by atoms with E-state index in [1.807, 2.05) is 0 Å². The lowest BCUT2D eigenvalue weighted by molar-refractivity contribution is -0.144. The first-order valence-electron chi connectivity index (χ1n) is 12.7. The van der Waals surface area contributed by atoms with Crippen LogP contribution in [0.2, 0.25) is 0 Å². The van der Waals surface area contributed by atoms with Crippen molar-refractivity contribution in [2.24, 2.45) is 29.6 Å². The number of carboxylic acid groups (broad SMARTS) is 1. The van der Waals surface area contributed by atoms with Crippen LogP contribution in [0.4, 0.5) is 0 Å². The second-order valence-corrected chi connectivity index (χ2v) is 10.5. The van der Waals surface area contributed by atoms with Gasteiger partial charge < -0.3 is 10.0 Å². The second-order valence-electron chi connectivity index (χ2n) is 10.5. The predicted molar refractivity (Wildman–Crippen MR) is 122 cm³/mol. The molecule has 1 aromatic carbocycles. The van der Waals surface area contributed by atoms with E-state index in [4.69, 9.17) is 0 Å². The van der Waals surface area contributed by atoms with Crippen molar-refractivity contribution in [1.29, 1.82) is 0 Å². The van der Waals surface area contributed by atoms with Gasteiger partial charge in [-0.05, 0) is 93.7 Å². The van der Waals surface area contributed by atoms with Crippen LogP contribution in [0.1, 0.15) is 76.2 Å². The summed E-state index contributed by atoms with van der Waals surface area (Å²) >= 11 is 0. The molecule has 3 atom stereocenters. The number of piperidine rings is 1. The van der Waals surface area contributed by atoms with E-state index >= 15 is 0 Å². The molecule has 0 bridgehead atoms. The molecule has 2 saturated carbocycles. The lowest BCUT2D eigenvalue weighted by Gasteiger charge is -2.34. The van der Waals surface area contributed by atoms with Crippen molar-refractivity contribution in [3.8, 4) is 0 Å². The first kappa shape index (κ1) is 21.9. The molecular formula is C27H41NO2. The molecule has 30 heavy (non-hydrogen) atoms. The van der Waals surface area contributed by atoms with Crippen LogP contribution in [-0.2, 0) is 11.2 Å². The fourth-order valence-corrected chi connectivity index (χ4v) is 6.29. The Kier molecular flexibility index (Phi) is 7.87. The monoisotopic (exact) mass is 411 g/mol. The summed E-state index contributed by atoms with van der Waals surface area (Å²) in [7, 11) is 0. The Hall–Kier alpha value is -1.35. The third-order valence-corrected chi connectivity index (χ3v) is 8.42. The van der Waals surface area contributed by atoms with Crippen molar-refractivity contribution in [3.63, 3.8) is 0 Å². The van der Waals surface area contributed by atoms with E-state index in [1.165, 1.54) is 83.0 Å². The summed E-state index contributed by atoms with van der Waals surface area (Å²) in [6, 6.07) is 10.9. The van der Waals surface area contributed by atoms with Crippen LogP contribution in [0, 0.1) is 29.6 Å². The number of hydrogen-bond acceptors (Lipinski definition) is 2. The SMILES string of the molecule is O=C(O)C(CC1CCC1)C1CCC(CN2CCC(CCCc3ccccc3)CC2)C1. The number of aliphatic carboxylic acids is 1. The van der Waals surface area contributed by atoms with Gasteiger partial charge in [-0.1, -0.05) is 56.0 Å². The lowest BCUT2D eigenvalue weighted by Crippen LogP contribution is -2.37. The van der Waals surface area contributed by atoms with Crippen molar-refractivity contribution < 1.29 is 9.90 Å². The molecular weight excluding hydrogens is 370 g/mol. The molecule has 0 radical (unpaired) electrons. The van der Waals surface area contributed by atoms with Gasteiger partial charge in [0.1, 0.15) is 0 Å². The quantitative estimate of drug-likeness (QED) is 0.511. The highest BCUT2D eigenvalue weighted by atomic mass is 16.4. The molecule has 3 unspecified atom stereocenters. The summed E-state index contributed by atoms with van der Waals surface area (Å²) < 4.78 is 0. The van der Waals surface area contributed by atoms with Crippen molar-refractivity contribution >= 4 is 5.97 Å². The summed E-state index contributed by atoms with van der Waals surface area (Å²) in [5.74, 6) is 2.17. The average Bonchev–Trinajstić information content (AvgIpc) is 3.17. The summed E-state index contributed by atoms with van der Waals surface area (Å²) in [6.07, 6.45) is 14.9. The number of aryl methyl sites for hydroxylation is 1. The van der Waals surface area contributed by atoms with Gasteiger partial charge in [0, 0.05) is 6.54 Å². The number of likely N-dealkylation sites (tertiary alicyclic amines) is 1. The van der Waals surface area contributed by atoms with E-state index in [0.717, 1.165) is 31.1 Å². The smallest absolute Gasteiger partial charge is 0.306 e. The fraction of sp³-hybridized carbons (Fsp3) is 0.741. The maximum Gasteiger partial charge on any atom is 0.306 e. The van der Waals surface area contributed by atoms with Crippen molar-refractivity contribution in [2.45, 2.75) is 77.0 Å². The molecule has 0 spiro atoms. The topological polar surface area (TPSA) is 40.5 Å². The first-order valence-corrected chi connectivity index (χ1v) is 12.7. The molecule has 4 rings (SSSR count). The zero-order valence-electron chi connectivity index (χ0n) is 18.7. The summed E-state index contributed by atoms with van der Waals surface area (Å²) in [4.78, 5) is 14.5. The van der Waals surface area contributed by atoms with Crippen molar-refractivity contribution in [3.05, 3.63) is 35.9 Å². The normalized spacial score (nSPS) is 27.1. The Morgan fingerprint density at radius 3 is 2.40 bits per heavy atom. The number of benzene rings is 1. The van der Waals surface area contributed by atoms with Crippen LogP contribution in [0.25, 0.3) is 0 Å². The lowest BCUT2D eigenvalue weighted by atomic mass is 9.75. The van der Waals surface area contributed by atoms with E-state index in [-0.39, 0.29) is 5.92 Å². The number of carboxylic acids is 1. The van der Waals surface area contributed by atoms with Crippen LogP contribution < -0.4 is 0 Å². The Morgan fingerprint density at radius 2 is 1.73 bits per heavy atom. The molecule has 3 nitrogen and oxygen atoms in total. The van der Waals surface area contributed by atoms with Gasteiger partial charge in [0.05, 0.1) is 5.92 Å². The molecule has 3 aliphatic rings. The zero-order valence-corrected chi connectivity index (χ0v) is 18.7. The minimum atomic E-state index is -0.524. The van der Waals surface area contributed by atoms with Gasteiger partial charge in [-0.3, -0.25) is 4.79 Å². The average molecular weight is 412 g/mol. The number of hydrogen-bond donors (Lipinski definition) is 1. The molecule has 1 heterocycles. The van der Waals surface area contributed by atoms with Gasteiger partial charge in [0.25, 0.3) is 0 Å². The molecule has 1 aromatic rings. The van der Waals surface area contributed by atoms with Gasteiger partial charge in [-0.25, -0.2) is 0 Å². The highest BCUT2D eigenvalue weighted by molar-refractivity contribution is 5.70. The fourth-order valence-electron chi connectivity index (χ4n) is 6.29. The minimum absolute atomic E-state index is 0.0735. The van der Waals surface area contributed by atoms with Gasteiger partial charge >= 0.3 is 5.97 Å². The molecule has 3 fully saturated rings. The second kappa shape index (κ2) is 10.8. The minimum Gasteiger partial charge on any atom is -0.481 e. The van der Waals surface area contributed by atoms with E-state index in [1.54, 1.807) is 0 Å². The molecule has 2 aliphatic carbocycles. The largest absolute Gasteiger partial charge is 0.481 e. The summed E-state index contributed by atoms with van der Waals surface area (Å²) in [5, 5.41) is 9.77. The highest BCUT2D eigenvalue weighted by Gasteiger charge is 2.37. The van der Waals surface area contributed by atoms with Crippen LogP contribution in [0.5, 0.6) is 0 Å². The number of rotatable bonds is 10. The van der Waals surface area contributed by atoms with E-state index < -0.39 is 5.97 Å². The van der Waals surface area contributed by atoms with Crippen molar-refractivity contribution in [1.82, 2.24) is 4.90 Å². The van der Waals surface area contributed by atoms with Gasteiger partial charge in [-0.2, -0.15) is 0 Å². The van der Waals surface area contributed by atoms with Gasteiger partial charge in [0.15, 0.2) is 0 Å². The van der Waals surface area contributed by atoms with Crippen LogP contribution >= 0.6 is 0 Å². The van der Waals surface area contributed by atoms with Gasteiger partial charge in [-0.15, -0.1) is 0 Å². The molecule has 0 aromatic heterocycles. The summed E-state index contributed by atoms with van der Waals surface area (Å²) in [6.45, 7) is 3.71. The molecule has 1 N–H and O–H groups in total. The Labute approximate surface area is 183 Å². The molecule has 166 valence electrons. The highest BCUT2D eigenvalue weighted by Crippen LogP contribution is 2.42. The maximum atomic E-state index is 11.9. The maximum absolute atomic E-state index is 11.9. The van der Waals surface area contributed by atoms with E-state index in [2.05, 4.69) is 35.2 Å². The first-order chi connectivity index (χ1) is 14.7. The van der Waals surface area contributed by atoms with E-state index in [9.17, 15) is 9.90 Å². The van der Waals surface area contributed by atoms with Crippen LogP contribution in [-0.4, -0.2) is 35.6 Å². The Bertz CT molecular complexity index is 648.